The number of rotatable bonds is 5. The van der Waals surface area contributed by atoms with Crippen molar-refractivity contribution in [2.45, 2.75) is 45.4 Å². The van der Waals surface area contributed by atoms with Crippen LogP contribution in [-0.4, -0.2) is 22.4 Å². The summed E-state index contributed by atoms with van der Waals surface area (Å²) >= 11 is 6.14. The summed E-state index contributed by atoms with van der Waals surface area (Å²) in [7, 11) is 0. The highest BCUT2D eigenvalue weighted by molar-refractivity contribution is 6.18. The van der Waals surface area contributed by atoms with Gasteiger partial charge in [0, 0.05) is 29.6 Å². The molecule has 4 heteroatoms. The molecule has 1 aromatic heterocycles. The molecule has 0 spiro atoms. The minimum atomic E-state index is 0.268. The Bertz CT molecular complexity index is 386. The second-order valence-electron chi connectivity index (χ2n) is 5.68. The molecular weight excluding hydrogens is 246 g/mol. The fourth-order valence-corrected chi connectivity index (χ4v) is 2.91. The van der Waals surface area contributed by atoms with Crippen LogP contribution in [0.15, 0.2) is 12.4 Å². The van der Waals surface area contributed by atoms with E-state index in [1.807, 2.05) is 6.07 Å². The molecule has 18 heavy (non-hydrogen) atoms. The molecule has 0 aromatic carbocycles. The van der Waals surface area contributed by atoms with E-state index in [0.29, 0.717) is 5.92 Å². The highest BCUT2D eigenvalue weighted by Crippen LogP contribution is 2.39. The number of alkyl halides is 1. The summed E-state index contributed by atoms with van der Waals surface area (Å²) in [6.45, 7) is 5.21. The first-order valence-electron chi connectivity index (χ1n) is 6.77. The van der Waals surface area contributed by atoms with Gasteiger partial charge in [0.25, 0.3) is 0 Å². The zero-order valence-electron chi connectivity index (χ0n) is 11.2. The van der Waals surface area contributed by atoms with Gasteiger partial charge >= 0.3 is 0 Å². The minimum absolute atomic E-state index is 0.268. The molecule has 0 radical (unpaired) electrons. The lowest BCUT2D eigenvalue weighted by molar-refractivity contribution is 0.368. The normalized spacial score (nSPS) is 18.2. The SMILES string of the molecule is CC(C)c1cc(NCC2(CCl)CCCC2)ncn1. The maximum atomic E-state index is 6.14. The van der Waals surface area contributed by atoms with Gasteiger partial charge in [0.05, 0.1) is 0 Å². The van der Waals surface area contributed by atoms with Gasteiger partial charge in [-0.3, -0.25) is 0 Å². The van der Waals surface area contributed by atoms with Gasteiger partial charge in [0.2, 0.25) is 0 Å². The van der Waals surface area contributed by atoms with Crippen molar-refractivity contribution in [1.29, 1.82) is 0 Å². The predicted molar refractivity (Wildman–Crippen MR) is 76.2 cm³/mol. The molecule has 1 fully saturated rings. The molecule has 1 aliphatic rings. The van der Waals surface area contributed by atoms with Crippen molar-refractivity contribution in [3.05, 3.63) is 18.1 Å². The molecule has 1 aromatic rings. The van der Waals surface area contributed by atoms with E-state index in [4.69, 9.17) is 11.6 Å². The summed E-state index contributed by atoms with van der Waals surface area (Å²) in [5, 5.41) is 3.44. The maximum absolute atomic E-state index is 6.14. The molecule has 1 aliphatic carbocycles. The Labute approximate surface area is 114 Å². The van der Waals surface area contributed by atoms with Crippen molar-refractivity contribution in [3.63, 3.8) is 0 Å². The molecule has 100 valence electrons. The smallest absolute Gasteiger partial charge is 0.129 e. The van der Waals surface area contributed by atoms with Crippen molar-refractivity contribution in [3.8, 4) is 0 Å². The second kappa shape index (κ2) is 5.87. The van der Waals surface area contributed by atoms with Crippen LogP contribution in [0.3, 0.4) is 0 Å². The van der Waals surface area contributed by atoms with E-state index >= 15 is 0 Å². The topological polar surface area (TPSA) is 37.8 Å². The van der Waals surface area contributed by atoms with E-state index in [0.717, 1.165) is 23.9 Å². The molecule has 0 saturated heterocycles. The average molecular weight is 268 g/mol. The van der Waals surface area contributed by atoms with E-state index < -0.39 is 0 Å². The molecule has 0 aliphatic heterocycles. The summed E-state index contributed by atoms with van der Waals surface area (Å²) in [5.74, 6) is 2.09. The second-order valence-corrected chi connectivity index (χ2v) is 5.94. The van der Waals surface area contributed by atoms with Gasteiger partial charge in [-0.1, -0.05) is 26.7 Å². The van der Waals surface area contributed by atoms with Crippen LogP contribution in [-0.2, 0) is 0 Å². The number of hydrogen-bond donors (Lipinski definition) is 1. The summed E-state index contributed by atoms with van der Waals surface area (Å²) < 4.78 is 0. The lowest BCUT2D eigenvalue weighted by Gasteiger charge is -2.26. The van der Waals surface area contributed by atoms with Crippen LogP contribution in [0.4, 0.5) is 5.82 Å². The molecule has 0 bridgehead atoms. The highest BCUT2D eigenvalue weighted by atomic mass is 35.5. The third-order valence-electron chi connectivity index (χ3n) is 3.87. The fourth-order valence-electron chi connectivity index (χ4n) is 2.55. The van der Waals surface area contributed by atoms with Crippen LogP contribution in [0.5, 0.6) is 0 Å². The van der Waals surface area contributed by atoms with Crippen molar-refractivity contribution < 1.29 is 0 Å². The zero-order valence-corrected chi connectivity index (χ0v) is 12.0. The Kier molecular flexibility index (Phi) is 4.44. The van der Waals surface area contributed by atoms with Gasteiger partial charge in [-0.2, -0.15) is 0 Å². The van der Waals surface area contributed by atoms with E-state index in [-0.39, 0.29) is 5.41 Å². The Morgan fingerprint density at radius 2 is 2.06 bits per heavy atom. The van der Waals surface area contributed by atoms with Gasteiger partial charge in [0.15, 0.2) is 0 Å². The predicted octanol–water partition coefficient (Wildman–Crippen LogP) is 3.81. The van der Waals surface area contributed by atoms with Crippen LogP contribution in [0, 0.1) is 5.41 Å². The number of nitrogens with one attached hydrogen (secondary N) is 1. The average Bonchev–Trinajstić information content (AvgIpc) is 2.86. The van der Waals surface area contributed by atoms with Gasteiger partial charge in [0.1, 0.15) is 12.1 Å². The van der Waals surface area contributed by atoms with E-state index in [2.05, 4.69) is 29.1 Å². The summed E-state index contributed by atoms with van der Waals surface area (Å²) in [6, 6.07) is 2.04. The van der Waals surface area contributed by atoms with Crippen molar-refractivity contribution in [1.82, 2.24) is 9.97 Å². The molecule has 0 amide bonds. The number of halogens is 1. The minimum Gasteiger partial charge on any atom is -0.369 e. The van der Waals surface area contributed by atoms with E-state index in [1.165, 1.54) is 25.7 Å². The summed E-state index contributed by atoms with van der Waals surface area (Å²) in [4.78, 5) is 8.56. The van der Waals surface area contributed by atoms with Gasteiger partial charge in [-0.25, -0.2) is 9.97 Å². The molecule has 1 saturated carbocycles. The number of hydrogen-bond acceptors (Lipinski definition) is 3. The third-order valence-corrected chi connectivity index (χ3v) is 4.44. The maximum Gasteiger partial charge on any atom is 0.129 e. The first-order chi connectivity index (χ1) is 8.65. The molecule has 1 heterocycles. The Morgan fingerprint density at radius 3 is 2.67 bits per heavy atom. The van der Waals surface area contributed by atoms with Crippen LogP contribution >= 0.6 is 11.6 Å². The van der Waals surface area contributed by atoms with Crippen LogP contribution in [0.2, 0.25) is 0 Å². The zero-order chi connectivity index (χ0) is 13.0. The van der Waals surface area contributed by atoms with Gasteiger partial charge < -0.3 is 5.32 Å². The summed E-state index contributed by atoms with van der Waals surface area (Å²) in [5.41, 5.74) is 1.35. The number of anilines is 1. The van der Waals surface area contributed by atoms with E-state index in [9.17, 15) is 0 Å². The largest absolute Gasteiger partial charge is 0.369 e. The first-order valence-corrected chi connectivity index (χ1v) is 7.30. The molecule has 2 rings (SSSR count). The Morgan fingerprint density at radius 1 is 1.33 bits per heavy atom. The molecule has 0 atom stereocenters. The van der Waals surface area contributed by atoms with Gasteiger partial charge in [-0.15, -0.1) is 11.6 Å². The van der Waals surface area contributed by atoms with E-state index in [1.54, 1.807) is 6.33 Å². The van der Waals surface area contributed by atoms with Crippen molar-refractivity contribution in [2.24, 2.45) is 5.41 Å². The monoisotopic (exact) mass is 267 g/mol. The first kappa shape index (κ1) is 13.6. The van der Waals surface area contributed by atoms with Crippen molar-refractivity contribution in [2.75, 3.05) is 17.7 Å². The van der Waals surface area contributed by atoms with Crippen molar-refractivity contribution >= 4 is 17.4 Å². The van der Waals surface area contributed by atoms with Gasteiger partial charge in [-0.05, 0) is 18.8 Å². The molecule has 1 N–H and O–H groups in total. The molecular formula is C14H22ClN3. The fraction of sp³-hybridized carbons (Fsp3) is 0.714. The lowest BCUT2D eigenvalue weighted by Crippen LogP contribution is -2.28. The molecule has 0 unspecified atom stereocenters. The molecule has 3 nitrogen and oxygen atoms in total. The Hall–Kier alpha value is -0.830. The highest BCUT2D eigenvalue weighted by Gasteiger charge is 2.32. The lowest BCUT2D eigenvalue weighted by atomic mass is 9.88. The quantitative estimate of drug-likeness (QED) is 0.825. The Balaban J connectivity index is 1.99. The third kappa shape index (κ3) is 3.14. The summed E-state index contributed by atoms with van der Waals surface area (Å²) in [6.07, 6.45) is 6.70. The standard InChI is InChI=1S/C14H22ClN3/c1-11(2)12-7-13(18-10-17-12)16-9-14(8-15)5-3-4-6-14/h7,10-11H,3-6,8-9H2,1-2H3,(H,16,17,18). The number of aromatic nitrogens is 2. The van der Waals surface area contributed by atoms with Crippen LogP contribution in [0.25, 0.3) is 0 Å². The van der Waals surface area contributed by atoms with Crippen LogP contribution in [0.1, 0.15) is 51.1 Å². The number of nitrogens with zero attached hydrogens (tertiary/aromatic N) is 2. The van der Waals surface area contributed by atoms with Crippen LogP contribution < -0.4 is 5.32 Å².